The molecule has 7 heteroatoms. The van der Waals surface area contributed by atoms with Gasteiger partial charge in [-0.15, -0.1) is 0 Å². The summed E-state index contributed by atoms with van der Waals surface area (Å²) in [6, 6.07) is 15.4. The summed E-state index contributed by atoms with van der Waals surface area (Å²) in [6.45, 7) is 0. The number of carbonyl (C=O) groups excluding carboxylic acids is 2. The minimum absolute atomic E-state index is 0.181. The van der Waals surface area contributed by atoms with E-state index >= 15 is 0 Å². The first kappa shape index (κ1) is 18.0. The number of benzene rings is 2. The average molecular weight is 462 g/mol. The second kappa shape index (κ2) is 8.05. The predicted molar refractivity (Wildman–Crippen MR) is 107 cm³/mol. The van der Waals surface area contributed by atoms with E-state index in [9.17, 15) is 9.59 Å². The van der Waals surface area contributed by atoms with Gasteiger partial charge in [0.05, 0.1) is 19.1 Å². The summed E-state index contributed by atoms with van der Waals surface area (Å²) in [5, 5.41) is 5.53. The number of halogens is 1. The second-order valence-electron chi connectivity index (χ2n) is 5.31. The van der Waals surface area contributed by atoms with E-state index < -0.39 is 5.91 Å². The van der Waals surface area contributed by atoms with Crippen LogP contribution in [0.3, 0.4) is 0 Å². The summed E-state index contributed by atoms with van der Waals surface area (Å²) in [7, 11) is 1.50. The Labute approximate surface area is 163 Å². The normalized spacial score (nSPS) is 10.2. The minimum Gasteiger partial charge on any atom is -0.495 e. The number of hydrogen-bond donors (Lipinski definition) is 2. The van der Waals surface area contributed by atoms with Gasteiger partial charge in [0.1, 0.15) is 5.75 Å². The molecule has 0 aliphatic rings. The fourth-order valence-corrected chi connectivity index (χ4v) is 2.85. The molecule has 0 spiro atoms. The van der Waals surface area contributed by atoms with Gasteiger partial charge in [-0.25, -0.2) is 0 Å². The van der Waals surface area contributed by atoms with Crippen LogP contribution < -0.4 is 15.4 Å². The SMILES string of the molecule is COc1ccc(NC(=O)c2cccc(I)c2)cc1NC(=O)c1ccco1. The maximum absolute atomic E-state index is 12.4. The maximum Gasteiger partial charge on any atom is 0.291 e. The van der Waals surface area contributed by atoms with Gasteiger partial charge in [0.2, 0.25) is 0 Å². The van der Waals surface area contributed by atoms with Crippen LogP contribution in [0.1, 0.15) is 20.9 Å². The third kappa shape index (κ3) is 4.23. The molecule has 2 N–H and O–H groups in total. The van der Waals surface area contributed by atoms with Crippen molar-refractivity contribution < 1.29 is 18.7 Å². The van der Waals surface area contributed by atoms with Gasteiger partial charge in [-0.05, 0) is 71.1 Å². The molecule has 0 aliphatic heterocycles. The molecule has 0 saturated heterocycles. The van der Waals surface area contributed by atoms with Crippen molar-refractivity contribution in [2.45, 2.75) is 0 Å². The molecule has 2 amide bonds. The molecule has 0 bridgehead atoms. The zero-order valence-electron chi connectivity index (χ0n) is 13.8. The standard InChI is InChI=1S/C19H15IN2O4/c1-25-16-8-7-14(21-18(23)12-4-2-5-13(20)10-12)11-15(16)22-19(24)17-6-3-9-26-17/h2-11H,1H3,(H,21,23)(H,22,24). The Morgan fingerprint density at radius 2 is 1.85 bits per heavy atom. The van der Waals surface area contributed by atoms with Crippen LogP contribution in [0, 0.1) is 3.57 Å². The van der Waals surface area contributed by atoms with E-state index in [0.29, 0.717) is 22.7 Å². The smallest absolute Gasteiger partial charge is 0.291 e. The Morgan fingerprint density at radius 1 is 1.00 bits per heavy atom. The van der Waals surface area contributed by atoms with Gasteiger partial charge in [-0.2, -0.15) is 0 Å². The molecular formula is C19H15IN2O4. The summed E-state index contributed by atoms with van der Waals surface area (Å²) < 4.78 is 11.3. The van der Waals surface area contributed by atoms with Gasteiger partial charge in [0, 0.05) is 14.8 Å². The average Bonchev–Trinajstić information content (AvgIpc) is 3.17. The van der Waals surface area contributed by atoms with Crippen LogP contribution in [-0.2, 0) is 0 Å². The van der Waals surface area contributed by atoms with Crippen molar-refractivity contribution in [2.75, 3.05) is 17.7 Å². The van der Waals surface area contributed by atoms with E-state index in [1.165, 1.54) is 13.4 Å². The number of ether oxygens (including phenoxy) is 1. The quantitative estimate of drug-likeness (QED) is 0.551. The number of nitrogens with one attached hydrogen (secondary N) is 2. The third-order valence-electron chi connectivity index (χ3n) is 3.54. The van der Waals surface area contributed by atoms with Crippen LogP contribution in [-0.4, -0.2) is 18.9 Å². The van der Waals surface area contributed by atoms with Crippen LogP contribution in [0.2, 0.25) is 0 Å². The molecule has 3 aromatic rings. The number of carbonyl (C=O) groups is 2. The molecule has 1 heterocycles. The Hall–Kier alpha value is -2.81. The van der Waals surface area contributed by atoms with Crippen molar-refractivity contribution in [3.8, 4) is 5.75 Å². The van der Waals surface area contributed by atoms with E-state index in [1.807, 2.05) is 12.1 Å². The molecule has 0 unspecified atom stereocenters. The predicted octanol–water partition coefficient (Wildman–Crippen LogP) is 4.40. The fraction of sp³-hybridized carbons (Fsp3) is 0.0526. The van der Waals surface area contributed by atoms with Crippen molar-refractivity contribution in [3.63, 3.8) is 0 Å². The molecule has 0 aliphatic carbocycles. The zero-order chi connectivity index (χ0) is 18.5. The van der Waals surface area contributed by atoms with Crippen molar-refractivity contribution in [3.05, 3.63) is 75.8 Å². The molecule has 0 radical (unpaired) electrons. The van der Waals surface area contributed by atoms with Crippen molar-refractivity contribution >= 4 is 45.8 Å². The van der Waals surface area contributed by atoms with Gasteiger partial charge in [0.15, 0.2) is 5.76 Å². The number of rotatable bonds is 5. The van der Waals surface area contributed by atoms with E-state index in [-0.39, 0.29) is 11.7 Å². The summed E-state index contributed by atoms with van der Waals surface area (Å²) in [5.74, 6) is 0.00361. The number of methoxy groups -OCH3 is 1. The lowest BCUT2D eigenvalue weighted by molar-refractivity contribution is 0.0994. The molecule has 0 fully saturated rings. The monoisotopic (exact) mass is 462 g/mol. The lowest BCUT2D eigenvalue weighted by Gasteiger charge is -2.12. The lowest BCUT2D eigenvalue weighted by atomic mass is 10.2. The summed E-state index contributed by atoms with van der Waals surface area (Å²) >= 11 is 2.15. The van der Waals surface area contributed by atoms with Crippen LogP contribution in [0.4, 0.5) is 11.4 Å². The van der Waals surface area contributed by atoms with Crippen LogP contribution in [0.25, 0.3) is 0 Å². The molecule has 2 aromatic carbocycles. The lowest BCUT2D eigenvalue weighted by Crippen LogP contribution is -2.14. The highest BCUT2D eigenvalue weighted by molar-refractivity contribution is 14.1. The molecule has 0 saturated carbocycles. The first-order chi connectivity index (χ1) is 12.6. The summed E-state index contributed by atoms with van der Waals surface area (Å²) in [4.78, 5) is 24.6. The van der Waals surface area contributed by atoms with E-state index in [2.05, 4.69) is 33.2 Å². The molecule has 6 nitrogen and oxygen atoms in total. The maximum atomic E-state index is 12.4. The first-order valence-corrected chi connectivity index (χ1v) is 8.74. The Kier molecular flexibility index (Phi) is 5.57. The zero-order valence-corrected chi connectivity index (χ0v) is 15.9. The Morgan fingerprint density at radius 3 is 2.54 bits per heavy atom. The Balaban J connectivity index is 1.80. The van der Waals surface area contributed by atoms with Crippen LogP contribution >= 0.6 is 22.6 Å². The highest BCUT2D eigenvalue weighted by Crippen LogP contribution is 2.28. The Bertz CT molecular complexity index is 938. The van der Waals surface area contributed by atoms with Crippen molar-refractivity contribution in [2.24, 2.45) is 0 Å². The van der Waals surface area contributed by atoms with E-state index in [0.717, 1.165) is 3.57 Å². The minimum atomic E-state index is -0.408. The van der Waals surface area contributed by atoms with Gasteiger partial charge < -0.3 is 19.8 Å². The number of amides is 2. The first-order valence-electron chi connectivity index (χ1n) is 7.66. The molecule has 3 rings (SSSR count). The topological polar surface area (TPSA) is 80.6 Å². The van der Waals surface area contributed by atoms with Crippen LogP contribution in [0.15, 0.2) is 65.3 Å². The molecule has 26 heavy (non-hydrogen) atoms. The summed E-state index contributed by atoms with van der Waals surface area (Å²) in [6.07, 6.45) is 1.42. The molecule has 132 valence electrons. The van der Waals surface area contributed by atoms with Gasteiger partial charge in [-0.3, -0.25) is 9.59 Å². The third-order valence-corrected chi connectivity index (χ3v) is 4.21. The molecule has 0 atom stereocenters. The number of anilines is 2. The number of hydrogen-bond acceptors (Lipinski definition) is 4. The van der Waals surface area contributed by atoms with E-state index in [1.54, 1.807) is 42.5 Å². The van der Waals surface area contributed by atoms with Gasteiger partial charge in [0.25, 0.3) is 11.8 Å². The highest BCUT2D eigenvalue weighted by Gasteiger charge is 2.14. The summed E-state index contributed by atoms with van der Waals surface area (Å²) in [5.41, 5.74) is 1.51. The van der Waals surface area contributed by atoms with Crippen molar-refractivity contribution in [1.29, 1.82) is 0 Å². The molecular weight excluding hydrogens is 447 g/mol. The fourth-order valence-electron chi connectivity index (χ4n) is 2.31. The highest BCUT2D eigenvalue weighted by atomic mass is 127. The van der Waals surface area contributed by atoms with Crippen molar-refractivity contribution in [1.82, 2.24) is 0 Å². The molecule has 1 aromatic heterocycles. The second-order valence-corrected chi connectivity index (χ2v) is 6.56. The number of furan rings is 1. The van der Waals surface area contributed by atoms with Crippen LogP contribution in [0.5, 0.6) is 5.75 Å². The van der Waals surface area contributed by atoms with Gasteiger partial charge in [-0.1, -0.05) is 6.07 Å². The van der Waals surface area contributed by atoms with Gasteiger partial charge >= 0.3 is 0 Å². The van der Waals surface area contributed by atoms with E-state index in [4.69, 9.17) is 9.15 Å². The largest absolute Gasteiger partial charge is 0.495 e.